The average molecular weight is 423 g/mol. The number of halogens is 3. The molecule has 0 radical (unpaired) electrons. The number of anilines is 1. The summed E-state index contributed by atoms with van der Waals surface area (Å²) >= 11 is 0. The summed E-state index contributed by atoms with van der Waals surface area (Å²) in [6, 6.07) is 2.06. The zero-order valence-corrected chi connectivity index (χ0v) is 16.7. The lowest BCUT2D eigenvalue weighted by Crippen LogP contribution is -2.20. The first-order valence-electron chi connectivity index (χ1n) is 8.98. The number of carbonyl (C=O) groups excluding carboxylic acids is 2. The molecule has 0 atom stereocenters. The highest BCUT2D eigenvalue weighted by Crippen LogP contribution is 2.32. The van der Waals surface area contributed by atoms with E-state index in [-0.39, 0.29) is 28.4 Å². The summed E-state index contributed by atoms with van der Waals surface area (Å²) in [5.74, 6) is -1.69. The second kappa shape index (κ2) is 7.11. The van der Waals surface area contributed by atoms with Crippen LogP contribution in [0, 0.1) is 0 Å². The van der Waals surface area contributed by atoms with E-state index in [1.165, 1.54) is 10.9 Å². The van der Waals surface area contributed by atoms with Crippen molar-refractivity contribution in [2.75, 3.05) is 5.32 Å². The number of aryl methyl sites for hydroxylation is 1. The Kier molecular flexibility index (Phi) is 5.04. The predicted molar refractivity (Wildman–Crippen MR) is 101 cm³/mol. The van der Waals surface area contributed by atoms with Gasteiger partial charge in [-0.25, -0.2) is 9.50 Å². The van der Waals surface area contributed by atoms with E-state index in [1.54, 1.807) is 27.7 Å². The number of rotatable bonds is 4. The Balaban J connectivity index is 2.06. The van der Waals surface area contributed by atoms with Gasteiger partial charge in [0, 0.05) is 24.2 Å². The minimum Gasteiger partial charge on any atom is -0.364 e. The maximum atomic E-state index is 13.6. The molecule has 0 fully saturated rings. The van der Waals surface area contributed by atoms with Crippen molar-refractivity contribution < 1.29 is 22.8 Å². The molecule has 3 aromatic heterocycles. The fourth-order valence-corrected chi connectivity index (χ4v) is 2.71. The highest BCUT2D eigenvalue weighted by atomic mass is 19.4. The second-order valence-electron chi connectivity index (χ2n) is 7.64. The average Bonchev–Trinajstić information content (AvgIpc) is 3.22. The van der Waals surface area contributed by atoms with Crippen LogP contribution < -0.4 is 11.1 Å². The molecule has 3 rings (SSSR count). The Hall–Kier alpha value is -3.44. The molecule has 0 saturated heterocycles. The first kappa shape index (κ1) is 21.3. The number of amides is 2. The van der Waals surface area contributed by atoms with Crippen molar-refractivity contribution in [2.24, 2.45) is 5.73 Å². The van der Waals surface area contributed by atoms with Gasteiger partial charge in [0.15, 0.2) is 17.0 Å². The quantitative estimate of drug-likeness (QED) is 0.668. The molecule has 0 spiro atoms. The van der Waals surface area contributed by atoms with Crippen LogP contribution in [0.5, 0.6) is 0 Å². The Morgan fingerprint density at radius 2 is 1.83 bits per heavy atom. The van der Waals surface area contributed by atoms with Gasteiger partial charge in [0.25, 0.3) is 11.8 Å². The number of nitrogens with zero attached hydrogens (tertiary/aromatic N) is 5. The van der Waals surface area contributed by atoms with Crippen LogP contribution in [-0.2, 0) is 18.1 Å². The summed E-state index contributed by atoms with van der Waals surface area (Å²) < 4.78 is 42.7. The molecule has 0 bridgehead atoms. The lowest BCUT2D eigenvalue weighted by Gasteiger charge is -2.19. The van der Waals surface area contributed by atoms with Gasteiger partial charge >= 0.3 is 6.18 Å². The van der Waals surface area contributed by atoms with E-state index < -0.39 is 29.1 Å². The lowest BCUT2D eigenvalue weighted by molar-refractivity contribution is -0.142. The normalized spacial score (nSPS) is 12.4. The van der Waals surface area contributed by atoms with Crippen LogP contribution in [0.2, 0.25) is 0 Å². The first-order chi connectivity index (χ1) is 13.8. The topological polar surface area (TPSA) is 120 Å². The fraction of sp³-hybridized carbons (Fsp3) is 0.389. The van der Waals surface area contributed by atoms with E-state index in [4.69, 9.17) is 5.73 Å². The summed E-state index contributed by atoms with van der Waals surface area (Å²) in [7, 11) is 0. The molecule has 0 aromatic carbocycles. The van der Waals surface area contributed by atoms with Gasteiger partial charge in [0.05, 0.1) is 11.4 Å². The van der Waals surface area contributed by atoms with Crippen molar-refractivity contribution in [1.82, 2.24) is 24.4 Å². The third kappa shape index (κ3) is 3.98. The summed E-state index contributed by atoms with van der Waals surface area (Å²) in [5.41, 5.74) is 3.20. The zero-order valence-electron chi connectivity index (χ0n) is 16.7. The predicted octanol–water partition coefficient (Wildman–Crippen LogP) is 2.61. The fourth-order valence-electron chi connectivity index (χ4n) is 2.71. The van der Waals surface area contributed by atoms with Gasteiger partial charge in [-0.15, -0.1) is 0 Å². The second-order valence-corrected chi connectivity index (χ2v) is 7.64. The van der Waals surface area contributed by atoms with E-state index >= 15 is 0 Å². The van der Waals surface area contributed by atoms with Crippen LogP contribution in [0.15, 0.2) is 18.3 Å². The molecule has 0 unspecified atom stereocenters. The van der Waals surface area contributed by atoms with Crippen molar-refractivity contribution in [3.05, 3.63) is 41.1 Å². The van der Waals surface area contributed by atoms with Crippen LogP contribution in [0.25, 0.3) is 5.65 Å². The Morgan fingerprint density at radius 3 is 2.37 bits per heavy atom. The van der Waals surface area contributed by atoms with Crippen molar-refractivity contribution in [2.45, 2.75) is 45.8 Å². The Morgan fingerprint density at radius 1 is 1.17 bits per heavy atom. The molecule has 3 N–H and O–H groups in total. The monoisotopic (exact) mass is 423 g/mol. The van der Waals surface area contributed by atoms with E-state index in [0.717, 1.165) is 12.1 Å². The summed E-state index contributed by atoms with van der Waals surface area (Å²) in [4.78, 5) is 28.4. The van der Waals surface area contributed by atoms with E-state index in [2.05, 4.69) is 20.5 Å². The number of hydrogen-bond acceptors (Lipinski definition) is 5. The first-order valence-corrected chi connectivity index (χ1v) is 8.98. The van der Waals surface area contributed by atoms with Crippen molar-refractivity contribution in [1.29, 1.82) is 0 Å². The molecule has 3 aromatic rings. The molecule has 12 heteroatoms. The van der Waals surface area contributed by atoms with Gasteiger partial charge in [0.2, 0.25) is 0 Å². The van der Waals surface area contributed by atoms with Crippen LogP contribution in [0.4, 0.5) is 18.9 Å². The number of hydrogen-bond donors (Lipinski definition) is 2. The van der Waals surface area contributed by atoms with Crippen LogP contribution in [-0.4, -0.2) is 36.2 Å². The molecule has 30 heavy (non-hydrogen) atoms. The van der Waals surface area contributed by atoms with Crippen molar-refractivity contribution >= 4 is 23.1 Å². The molecular formula is C18H20F3N7O2. The largest absolute Gasteiger partial charge is 0.433 e. The minimum absolute atomic E-state index is 0.0331. The molecular weight excluding hydrogens is 403 g/mol. The molecule has 0 saturated carbocycles. The number of primary amides is 1. The molecule has 0 aliphatic heterocycles. The number of aromatic nitrogens is 5. The van der Waals surface area contributed by atoms with Gasteiger partial charge < -0.3 is 11.1 Å². The molecule has 0 aliphatic carbocycles. The Labute approximate surface area is 169 Å². The van der Waals surface area contributed by atoms with E-state index in [9.17, 15) is 22.8 Å². The Bertz CT molecular complexity index is 1140. The number of nitrogens with one attached hydrogen (secondary N) is 1. The third-order valence-corrected chi connectivity index (χ3v) is 4.29. The zero-order chi connectivity index (χ0) is 22.4. The van der Waals surface area contributed by atoms with Crippen LogP contribution >= 0.6 is 0 Å². The van der Waals surface area contributed by atoms with Crippen LogP contribution in [0.1, 0.15) is 60.1 Å². The third-order valence-electron chi connectivity index (χ3n) is 4.29. The van der Waals surface area contributed by atoms with Crippen molar-refractivity contribution in [3.63, 3.8) is 0 Å². The van der Waals surface area contributed by atoms with Gasteiger partial charge in [-0.1, -0.05) is 20.8 Å². The number of carbonyl (C=O) groups is 2. The maximum absolute atomic E-state index is 13.6. The van der Waals surface area contributed by atoms with E-state index in [0.29, 0.717) is 11.1 Å². The van der Waals surface area contributed by atoms with E-state index in [1.807, 2.05) is 0 Å². The summed E-state index contributed by atoms with van der Waals surface area (Å²) in [5, 5.41) is 10.1. The number of fused-ring (bicyclic) bond motifs is 1. The lowest BCUT2D eigenvalue weighted by atomic mass is 9.91. The maximum Gasteiger partial charge on any atom is 0.433 e. The van der Waals surface area contributed by atoms with Gasteiger partial charge in [-0.2, -0.15) is 23.4 Å². The number of nitrogens with two attached hydrogens (primary N) is 1. The molecule has 9 nitrogen and oxygen atoms in total. The van der Waals surface area contributed by atoms with Gasteiger partial charge in [0.1, 0.15) is 5.69 Å². The highest BCUT2D eigenvalue weighted by molar-refractivity contribution is 6.07. The summed E-state index contributed by atoms with van der Waals surface area (Å²) in [6.07, 6.45) is -3.31. The molecule has 2 amide bonds. The van der Waals surface area contributed by atoms with Gasteiger partial charge in [-0.3, -0.25) is 14.3 Å². The summed E-state index contributed by atoms with van der Waals surface area (Å²) in [6.45, 7) is 7.37. The standard InChI is InChI=1S/C18H20F3N7O2/c1-5-27-8-10(14(26-27)15(22)29)23-16(30)9-6-13-24-11(17(2,3)4)7-12(18(19,20)21)28(13)25-9/h6-8H,5H2,1-4H3,(H2,22,29)(H,23,30). The number of alkyl halides is 3. The van der Waals surface area contributed by atoms with Crippen LogP contribution in [0.3, 0.4) is 0 Å². The highest BCUT2D eigenvalue weighted by Gasteiger charge is 2.36. The molecule has 160 valence electrons. The van der Waals surface area contributed by atoms with Crippen molar-refractivity contribution in [3.8, 4) is 0 Å². The smallest absolute Gasteiger partial charge is 0.364 e. The molecule has 3 heterocycles. The SMILES string of the molecule is CCn1cc(NC(=O)c2cc3nc(C(C)(C)C)cc(C(F)(F)F)n3n2)c(C(N)=O)n1. The molecule has 0 aliphatic rings. The minimum atomic E-state index is -4.71. The van der Waals surface area contributed by atoms with Gasteiger partial charge in [-0.05, 0) is 13.0 Å².